The first kappa shape index (κ1) is 15.2. The number of benzene rings is 1. The number of sulfonamides is 1. The molecule has 1 aliphatic heterocycles. The number of hydrogen-bond donors (Lipinski definition) is 0. The molecule has 0 N–H and O–H groups in total. The van der Waals surface area contributed by atoms with E-state index in [9.17, 15) is 17.2 Å². The number of aryl methyl sites for hydroxylation is 1. The maximum absolute atomic E-state index is 13.4. The van der Waals surface area contributed by atoms with Gasteiger partial charge in [0.2, 0.25) is 10.0 Å². The lowest BCUT2D eigenvalue weighted by Crippen LogP contribution is -2.41. The molecule has 0 unspecified atom stereocenters. The molecular formula is C15H16F2N2O2S. The average molecular weight is 326 g/mol. The maximum atomic E-state index is 13.4. The number of rotatable bonds is 2. The fourth-order valence-corrected chi connectivity index (χ4v) is 4.51. The van der Waals surface area contributed by atoms with Gasteiger partial charge in [0, 0.05) is 24.5 Å². The summed E-state index contributed by atoms with van der Waals surface area (Å²) < 4.78 is 55.2. The van der Waals surface area contributed by atoms with Crippen LogP contribution >= 0.6 is 0 Å². The van der Waals surface area contributed by atoms with E-state index in [0.717, 1.165) is 29.6 Å². The van der Waals surface area contributed by atoms with E-state index < -0.39 is 21.7 Å². The van der Waals surface area contributed by atoms with E-state index in [4.69, 9.17) is 0 Å². The average Bonchev–Trinajstić information content (AvgIpc) is 2.84. The van der Waals surface area contributed by atoms with Crippen molar-refractivity contribution in [1.82, 2.24) is 8.87 Å². The van der Waals surface area contributed by atoms with Crippen molar-refractivity contribution in [2.75, 3.05) is 6.54 Å². The van der Waals surface area contributed by atoms with E-state index >= 15 is 0 Å². The molecule has 7 heteroatoms. The van der Waals surface area contributed by atoms with Crippen LogP contribution in [0.5, 0.6) is 0 Å². The lowest BCUT2D eigenvalue weighted by molar-refractivity contribution is 0.280. The van der Waals surface area contributed by atoms with Crippen molar-refractivity contribution in [3.63, 3.8) is 0 Å². The molecule has 1 aliphatic rings. The third-order valence-electron chi connectivity index (χ3n) is 4.13. The van der Waals surface area contributed by atoms with E-state index in [1.54, 1.807) is 6.92 Å². The predicted octanol–water partition coefficient (Wildman–Crippen LogP) is 2.84. The summed E-state index contributed by atoms with van der Waals surface area (Å²) in [5.74, 6) is -2.22. The fraction of sp³-hybridized carbons (Fsp3) is 0.333. The summed E-state index contributed by atoms with van der Waals surface area (Å²) in [4.78, 5) is -0.227. The van der Waals surface area contributed by atoms with Gasteiger partial charge in [0.25, 0.3) is 0 Å². The minimum Gasteiger partial charge on any atom is -0.346 e. The Hall–Kier alpha value is -1.73. The molecule has 22 heavy (non-hydrogen) atoms. The monoisotopic (exact) mass is 326 g/mol. The zero-order valence-corrected chi connectivity index (χ0v) is 13.1. The molecule has 118 valence electrons. The summed E-state index contributed by atoms with van der Waals surface area (Å²) in [5.41, 5.74) is 1.97. The highest BCUT2D eigenvalue weighted by atomic mass is 32.2. The number of fused-ring (bicyclic) bond motifs is 1. The summed E-state index contributed by atoms with van der Waals surface area (Å²) in [6.07, 6.45) is 0. The molecule has 3 rings (SSSR count). The molecule has 0 aliphatic carbocycles. The Morgan fingerprint density at radius 1 is 1.09 bits per heavy atom. The van der Waals surface area contributed by atoms with Gasteiger partial charge in [-0.3, -0.25) is 0 Å². The van der Waals surface area contributed by atoms with Crippen LogP contribution in [0, 0.1) is 18.6 Å². The van der Waals surface area contributed by atoms with E-state index in [0.29, 0.717) is 13.1 Å². The molecule has 1 atom stereocenters. The molecule has 1 aromatic carbocycles. The second-order valence-electron chi connectivity index (χ2n) is 5.42. The molecule has 0 saturated heterocycles. The van der Waals surface area contributed by atoms with Crippen LogP contribution in [-0.2, 0) is 16.6 Å². The van der Waals surface area contributed by atoms with Crippen LogP contribution in [0.4, 0.5) is 8.78 Å². The molecule has 2 heterocycles. The third-order valence-corrected chi connectivity index (χ3v) is 6.10. The smallest absolute Gasteiger partial charge is 0.243 e. The van der Waals surface area contributed by atoms with Gasteiger partial charge in [-0.25, -0.2) is 17.2 Å². The van der Waals surface area contributed by atoms with E-state index in [1.807, 2.05) is 19.1 Å². The second-order valence-corrected chi connectivity index (χ2v) is 7.31. The molecule has 0 radical (unpaired) electrons. The summed E-state index contributed by atoms with van der Waals surface area (Å²) in [7, 11) is -3.87. The molecule has 2 aromatic rings. The highest BCUT2D eigenvalue weighted by molar-refractivity contribution is 7.89. The minimum absolute atomic E-state index is 0.227. The van der Waals surface area contributed by atoms with Crippen molar-refractivity contribution < 1.29 is 17.2 Å². The normalized spacial score (nSPS) is 19.2. The van der Waals surface area contributed by atoms with Crippen molar-refractivity contribution >= 4 is 10.0 Å². The molecule has 0 fully saturated rings. The van der Waals surface area contributed by atoms with E-state index in [2.05, 4.69) is 4.57 Å². The number of nitrogens with zero attached hydrogens (tertiary/aromatic N) is 2. The van der Waals surface area contributed by atoms with Crippen LogP contribution in [0.2, 0.25) is 0 Å². The molecule has 1 aromatic heterocycles. The zero-order chi connectivity index (χ0) is 16.1. The van der Waals surface area contributed by atoms with Crippen LogP contribution in [0.25, 0.3) is 0 Å². The molecule has 0 bridgehead atoms. The van der Waals surface area contributed by atoms with Gasteiger partial charge in [-0.05, 0) is 44.2 Å². The number of halogens is 2. The third kappa shape index (κ3) is 2.24. The molecule has 0 saturated carbocycles. The zero-order valence-electron chi connectivity index (χ0n) is 12.3. The lowest BCUT2D eigenvalue weighted by Gasteiger charge is -2.34. The van der Waals surface area contributed by atoms with Gasteiger partial charge < -0.3 is 4.57 Å². The van der Waals surface area contributed by atoms with Crippen LogP contribution in [-0.4, -0.2) is 23.8 Å². The van der Waals surface area contributed by atoms with Crippen LogP contribution in [0.15, 0.2) is 35.2 Å². The predicted molar refractivity (Wildman–Crippen MR) is 77.8 cm³/mol. The Kier molecular flexibility index (Phi) is 3.57. The van der Waals surface area contributed by atoms with Gasteiger partial charge in [-0.15, -0.1) is 0 Å². The molecule has 0 amide bonds. The highest BCUT2D eigenvalue weighted by Gasteiger charge is 2.34. The minimum atomic E-state index is -3.87. The molecular weight excluding hydrogens is 310 g/mol. The standard InChI is InChI=1S/C15H16F2N2O2S/c1-10-3-6-15-11(2)19(8-7-18(10)15)22(20,21)12-4-5-13(16)14(17)9-12/h3-6,9,11H,7-8H2,1-2H3/t11-/m0/s1. The van der Waals surface area contributed by atoms with Gasteiger partial charge in [-0.1, -0.05) is 0 Å². The first-order valence-corrected chi connectivity index (χ1v) is 8.39. The highest BCUT2D eigenvalue weighted by Crippen LogP contribution is 2.32. The van der Waals surface area contributed by atoms with Crippen LogP contribution in [0.3, 0.4) is 0 Å². The van der Waals surface area contributed by atoms with Gasteiger partial charge in [0.05, 0.1) is 10.9 Å². The van der Waals surface area contributed by atoms with Crippen molar-refractivity contribution in [2.45, 2.75) is 31.3 Å². The van der Waals surface area contributed by atoms with Crippen molar-refractivity contribution in [2.24, 2.45) is 0 Å². The topological polar surface area (TPSA) is 42.3 Å². The van der Waals surface area contributed by atoms with Crippen molar-refractivity contribution in [1.29, 1.82) is 0 Å². The van der Waals surface area contributed by atoms with Crippen LogP contribution < -0.4 is 0 Å². The van der Waals surface area contributed by atoms with E-state index in [1.165, 1.54) is 4.31 Å². The second kappa shape index (κ2) is 5.17. The summed E-state index contributed by atoms with van der Waals surface area (Å²) in [6, 6.07) is 6.15. The Morgan fingerprint density at radius 3 is 2.50 bits per heavy atom. The number of aromatic nitrogens is 1. The Bertz CT molecular complexity index is 830. The van der Waals surface area contributed by atoms with Crippen LogP contribution in [0.1, 0.15) is 24.4 Å². The first-order valence-electron chi connectivity index (χ1n) is 6.95. The lowest BCUT2D eigenvalue weighted by atomic mass is 10.2. The summed E-state index contributed by atoms with van der Waals surface area (Å²) >= 11 is 0. The quantitative estimate of drug-likeness (QED) is 0.852. The summed E-state index contributed by atoms with van der Waals surface area (Å²) in [6.45, 7) is 4.60. The van der Waals surface area contributed by atoms with Gasteiger partial charge in [-0.2, -0.15) is 4.31 Å². The SMILES string of the molecule is Cc1ccc2n1CCN(S(=O)(=O)c1ccc(F)c(F)c1)[C@H]2C. The van der Waals surface area contributed by atoms with Crippen molar-refractivity contribution in [3.8, 4) is 0 Å². The Labute approximate surface area is 128 Å². The van der Waals surface area contributed by atoms with E-state index in [-0.39, 0.29) is 10.9 Å². The maximum Gasteiger partial charge on any atom is 0.243 e. The summed E-state index contributed by atoms with van der Waals surface area (Å²) in [5, 5.41) is 0. The molecule has 4 nitrogen and oxygen atoms in total. The number of hydrogen-bond acceptors (Lipinski definition) is 2. The van der Waals surface area contributed by atoms with Crippen molar-refractivity contribution in [3.05, 3.63) is 53.4 Å². The molecule has 0 spiro atoms. The van der Waals surface area contributed by atoms with Gasteiger partial charge in [0.1, 0.15) is 0 Å². The largest absolute Gasteiger partial charge is 0.346 e. The fourth-order valence-electron chi connectivity index (χ4n) is 2.90. The van der Waals surface area contributed by atoms with Gasteiger partial charge >= 0.3 is 0 Å². The van der Waals surface area contributed by atoms with Gasteiger partial charge in [0.15, 0.2) is 11.6 Å². The Morgan fingerprint density at radius 2 is 1.82 bits per heavy atom. The Balaban J connectivity index is 2.01. The first-order chi connectivity index (χ1) is 10.3.